The minimum Gasteiger partial charge on any atom is -0.326 e. The number of nitrogens with zero attached hydrogens (tertiary/aromatic N) is 1. The van der Waals surface area contributed by atoms with Gasteiger partial charge in [0.25, 0.3) is 0 Å². The molecule has 0 spiro atoms. The summed E-state index contributed by atoms with van der Waals surface area (Å²) in [6.07, 6.45) is 2.58. The van der Waals surface area contributed by atoms with Crippen molar-refractivity contribution in [1.82, 2.24) is 0 Å². The summed E-state index contributed by atoms with van der Waals surface area (Å²) < 4.78 is 0. The number of anilines is 2. The molecule has 2 unspecified atom stereocenters. The molecule has 2 aromatic rings. The molecule has 5 heteroatoms. The van der Waals surface area contributed by atoms with Gasteiger partial charge in [0.2, 0.25) is 11.8 Å². The number of nitrogens with one attached hydrogen (secondary N) is 1. The van der Waals surface area contributed by atoms with E-state index in [1.807, 2.05) is 42.2 Å². The molecule has 1 N–H and O–H groups in total. The second-order valence-corrected chi connectivity index (χ2v) is 7.53. The molecule has 0 aromatic heterocycles. The van der Waals surface area contributed by atoms with Gasteiger partial charge in [0.15, 0.2) is 0 Å². The van der Waals surface area contributed by atoms with Crippen LogP contribution in [0.5, 0.6) is 0 Å². The number of rotatable bonds is 3. The summed E-state index contributed by atoms with van der Waals surface area (Å²) in [7, 11) is 0. The van der Waals surface area contributed by atoms with Gasteiger partial charge in [-0.3, -0.25) is 9.59 Å². The Balaban J connectivity index is 1.43. The molecule has 4 rings (SSSR count). The quantitative estimate of drug-likeness (QED) is 0.882. The van der Waals surface area contributed by atoms with Crippen LogP contribution < -0.4 is 10.2 Å². The van der Waals surface area contributed by atoms with Gasteiger partial charge in [-0.1, -0.05) is 35.9 Å². The van der Waals surface area contributed by atoms with E-state index in [2.05, 4.69) is 11.4 Å². The van der Waals surface area contributed by atoms with Gasteiger partial charge in [-0.15, -0.1) is 0 Å². The molecule has 26 heavy (non-hydrogen) atoms. The summed E-state index contributed by atoms with van der Waals surface area (Å²) in [6.45, 7) is 2.65. The molecule has 1 saturated carbocycles. The molecule has 0 saturated heterocycles. The van der Waals surface area contributed by atoms with Crippen molar-refractivity contribution in [2.45, 2.75) is 26.2 Å². The molecule has 134 valence electrons. The number of carbonyl (C=O) groups excluding carboxylic acids is 2. The average Bonchev–Trinajstić information content (AvgIpc) is 3.45. The first-order valence-corrected chi connectivity index (χ1v) is 9.38. The molecule has 1 heterocycles. The lowest BCUT2D eigenvalue weighted by Gasteiger charge is -2.29. The zero-order chi connectivity index (χ0) is 18.3. The average molecular weight is 369 g/mol. The molecular formula is C21H21ClN2O2. The van der Waals surface area contributed by atoms with Crippen LogP contribution in [-0.2, 0) is 16.0 Å². The molecule has 4 nitrogen and oxygen atoms in total. The molecular weight excluding hydrogens is 348 g/mol. The first-order chi connectivity index (χ1) is 12.5. The highest BCUT2D eigenvalue weighted by Crippen LogP contribution is 2.42. The second-order valence-electron chi connectivity index (χ2n) is 7.12. The van der Waals surface area contributed by atoms with Gasteiger partial charge in [-0.25, -0.2) is 0 Å². The van der Waals surface area contributed by atoms with E-state index in [9.17, 15) is 9.59 Å². The van der Waals surface area contributed by atoms with Crippen molar-refractivity contribution in [3.8, 4) is 0 Å². The van der Waals surface area contributed by atoms with Crippen LogP contribution in [0.15, 0.2) is 42.5 Å². The van der Waals surface area contributed by atoms with Crippen LogP contribution in [0.2, 0.25) is 5.02 Å². The molecule has 0 radical (unpaired) electrons. The Morgan fingerprint density at radius 3 is 2.77 bits per heavy atom. The number of halogens is 1. The number of benzene rings is 2. The lowest BCUT2D eigenvalue weighted by atomic mass is 10.0. The maximum Gasteiger partial charge on any atom is 0.230 e. The van der Waals surface area contributed by atoms with Crippen LogP contribution in [0.4, 0.5) is 11.4 Å². The normalized spacial score (nSPS) is 21.1. The minimum atomic E-state index is -0.253. The third-order valence-electron chi connectivity index (χ3n) is 5.26. The fourth-order valence-electron chi connectivity index (χ4n) is 3.63. The maximum absolute atomic E-state index is 12.9. The van der Waals surface area contributed by atoms with E-state index in [1.54, 1.807) is 6.07 Å². The molecule has 1 fully saturated rings. The number of amides is 2. The summed E-state index contributed by atoms with van der Waals surface area (Å²) in [4.78, 5) is 27.3. The van der Waals surface area contributed by atoms with Crippen molar-refractivity contribution in [2.75, 3.05) is 16.8 Å². The smallest absolute Gasteiger partial charge is 0.230 e. The van der Waals surface area contributed by atoms with Gasteiger partial charge < -0.3 is 10.2 Å². The van der Waals surface area contributed by atoms with Crippen LogP contribution in [0.25, 0.3) is 0 Å². The van der Waals surface area contributed by atoms with Gasteiger partial charge in [0.05, 0.1) is 11.8 Å². The predicted octanol–water partition coefficient (Wildman–Crippen LogP) is 4.20. The summed E-state index contributed by atoms with van der Waals surface area (Å²) in [6, 6.07) is 13.5. The number of carbonyl (C=O) groups is 2. The van der Waals surface area contributed by atoms with Crippen LogP contribution in [0, 0.1) is 18.8 Å². The van der Waals surface area contributed by atoms with Crippen LogP contribution >= 0.6 is 11.6 Å². The van der Waals surface area contributed by atoms with E-state index in [0.717, 1.165) is 30.6 Å². The summed E-state index contributed by atoms with van der Waals surface area (Å²) in [5.74, 6) is -0.508. The van der Waals surface area contributed by atoms with E-state index in [4.69, 9.17) is 11.6 Å². The Bertz CT molecular complexity index is 880. The van der Waals surface area contributed by atoms with Gasteiger partial charge in [-0.05, 0) is 55.5 Å². The Hall–Kier alpha value is -2.33. The van der Waals surface area contributed by atoms with E-state index < -0.39 is 0 Å². The van der Waals surface area contributed by atoms with Crippen molar-refractivity contribution in [3.05, 3.63) is 58.6 Å². The molecule has 0 bridgehead atoms. The largest absolute Gasteiger partial charge is 0.326 e. The van der Waals surface area contributed by atoms with Crippen molar-refractivity contribution >= 4 is 34.8 Å². The lowest BCUT2D eigenvalue weighted by Crippen LogP contribution is -2.37. The van der Waals surface area contributed by atoms with E-state index in [-0.39, 0.29) is 23.7 Å². The van der Waals surface area contributed by atoms with Crippen molar-refractivity contribution in [2.24, 2.45) is 11.8 Å². The molecule has 2 aromatic carbocycles. The first-order valence-electron chi connectivity index (χ1n) is 9.01. The van der Waals surface area contributed by atoms with Crippen molar-refractivity contribution < 1.29 is 9.59 Å². The highest BCUT2D eigenvalue weighted by atomic mass is 35.5. The fraction of sp³-hybridized carbons (Fsp3) is 0.333. The molecule has 2 aliphatic rings. The first kappa shape index (κ1) is 17.1. The highest BCUT2D eigenvalue weighted by molar-refractivity contribution is 6.31. The van der Waals surface area contributed by atoms with Crippen LogP contribution in [-0.4, -0.2) is 18.4 Å². The lowest BCUT2D eigenvalue weighted by molar-refractivity contribution is -0.123. The molecule has 1 aliphatic carbocycles. The Labute approximate surface area is 158 Å². The highest BCUT2D eigenvalue weighted by Gasteiger charge is 2.50. The van der Waals surface area contributed by atoms with E-state index in [0.29, 0.717) is 17.1 Å². The maximum atomic E-state index is 12.9. The van der Waals surface area contributed by atoms with Crippen molar-refractivity contribution in [1.29, 1.82) is 0 Å². The van der Waals surface area contributed by atoms with Gasteiger partial charge >= 0.3 is 0 Å². The van der Waals surface area contributed by atoms with Gasteiger partial charge in [-0.2, -0.15) is 0 Å². The Morgan fingerprint density at radius 2 is 1.96 bits per heavy atom. The number of para-hydroxylation sites is 1. The molecule has 1 aliphatic heterocycles. The van der Waals surface area contributed by atoms with E-state index in [1.165, 1.54) is 5.56 Å². The molecule has 2 amide bonds. The van der Waals surface area contributed by atoms with Gasteiger partial charge in [0, 0.05) is 22.9 Å². The minimum absolute atomic E-state index is 0.0687. The summed E-state index contributed by atoms with van der Waals surface area (Å²) in [5.41, 5.74) is 3.85. The zero-order valence-corrected chi connectivity index (χ0v) is 15.4. The van der Waals surface area contributed by atoms with Crippen LogP contribution in [0.3, 0.4) is 0 Å². The third-order valence-corrected chi connectivity index (χ3v) is 5.67. The third kappa shape index (κ3) is 3.21. The SMILES string of the molecule is Cc1ccc(NC(=O)C2CC2C(=O)N2CCCc3ccccc32)cc1Cl. The van der Waals surface area contributed by atoms with Crippen LogP contribution in [0.1, 0.15) is 24.0 Å². The number of fused-ring (bicyclic) bond motifs is 1. The zero-order valence-electron chi connectivity index (χ0n) is 14.7. The topological polar surface area (TPSA) is 49.4 Å². The second kappa shape index (κ2) is 6.76. The number of hydrogen-bond acceptors (Lipinski definition) is 2. The Morgan fingerprint density at radius 1 is 1.15 bits per heavy atom. The number of hydrogen-bond donors (Lipinski definition) is 1. The monoisotopic (exact) mass is 368 g/mol. The van der Waals surface area contributed by atoms with Crippen molar-refractivity contribution in [3.63, 3.8) is 0 Å². The molecule has 2 atom stereocenters. The van der Waals surface area contributed by atoms with Gasteiger partial charge in [0.1, 0.15) is 0 Å². The van der Waals surface area contributed by atoms with E-state index >= 15 is 0 Å². The Kier molecular flexibility index (Phi) is 4.45. The summed E-state index contributed by atoms with van der Waals surface area (Å²) in [5, 5.41) is 3.51. The predicted molar refractivity (Wildman–Crippen MR) is 104 cm³/mol. The summed E-state index contributed by atoms with van der Waals surface area (Å²) >= 11 is 6.11. The number of aryl methyl sites for hydroxylation is 2. The fourth-order valence-corrected chi connectivity index (χ4v) is 3.81. The standard InChI is InChI=1S/C21H21ClN2O2/c1-13-8-9-15(11-18(13)22)23-20(25)16-12-17(16)21(26)24-10-4-6-14-5-2-3-7-19(14)24/h2-3,5,7-9,11,16-17H,4,6,10,12H2,1H3,(H,23,25).